The Balaban J connectivity index is 1.72. The molecule has 2 aromatic rings. The summed E-state index contributed by atoms with van der Waals surface area (Å²) in [6, 6.07) is 5.74. The Morgan fingerprint density at radius 3 is 2.73 bits per heavy atom. The van der Waals surface area contributed by atoms with E-state index in [1.54, 1.807) is 36.8 Å². The van der Waals surface area contributed by atoms with E-state index in [2.05, 4.69) is 9.36 Å². The molecule has 0 saturated heterocycles. The van der Waals surface area contributed by atoms with E-state index >= 15 is 0 Å². The number of ether oxygens (including phenoxy) is 1. The molecule has 0 amide bonds. The Labute approximate surface area is 165 Å². The van der Waals surface area contributed by atoms with Crippen LogP contribution in [0.15, 0.2) is 41.5 Å². The molecule has 2 heterocycles. The summed E-state index contributed by atoms with van der Waals surface area (Å²) in [6.45, 7) is 0. The van der Waals surface area contributed by atoms with Crippen LogP contribution in [-0.2, 0) is 11.5 Å². The van der Waals surface area contributed by atoms with E-state index in [1.165, 1.54) is 11.5 Å². The van der Waals surface area contributed by atoms with Gasteiger partial charge in [0, 0.05) is 28.7 Å². The third kappa shape index (κ3) is 7.76. The van der Waals surface area contributed by atoms with E-state index in [0.717, 1.165) is 58.3 Å². The maximum atomic E-state index is 10.8. The molecule has 0 spiro atoms. The molecule has 0 saturated carbocycles. The van der Waals surface area contributed by atoms with Gasteiger partial charge in [-0.1, -0.05) is 0 Å². The van der Waals surface area contributed by atoms with E-state index in [-0.39, 0.29) is 4.92 Å². The summed E-state index contributed by atoms with van der Waals surface area (Å²) in [4.78, 5) is 14.8. The molecule has 2 aromatic heterocycles. The van der Waals surface area contributed by atoms with E-state index < -0.39 is 0 Å². The Bertz CT molecular complexity index is 708. The minimum atomic E-state index is -0.354. The zero-order chi connectivity index (χ0) is 18.6. The zero-order valence-corrected chi connectivity index (χ0v) is 16.9. The third-order valence-electron chi connectivity index (χ3n) is 3.47. The molecule has 0 aliphatic carbocycles. The lowest BCUT2D eigenvalue weighted by Crippen LogP contribution is -1.97. The fourth-order valence-electron chi connectivity index (χ4n) is 2.18. The van der Waals surface area contributed by atoms with Gasteiger partial charge in [0.2, 0.25) is 6.20 Å². The molecule has 0 aromatic carbocycles. The van der Waals surface area contributed by atoms with E-state index in [9.17, 15) is 10.1 Å². The van der Waals surface area contributed by atoms with Crippen molar-refractivity contribution >= 4 is 35.1 Å². The number of hydrogen-bond donors (Lipinski definition) is 0. The van der Waals surface area contributed by atoms with Crippen LogP contribution in [0, 0.1) is 10.1 Å². The van der Waals surface area contributed by atoms with Crippen LogP contribution < -0.4 is 4.74 Å². The summed E-state index contributed by atoms with van der Waals surface area (Å²) < 4.78 is 9.55. The maximum Gasteiger partial charge on any atom is 0.233 e. The Morgan fingerprint density at radius 1 is 1.31 bits per heavy atom. The quantitative estimate of drug-likeness (QED) is 0.286. The van der Waals surface area contributed by atoms with Crippen molar-refractivity contribution in [1.29, 1.82) is 0 Å². The molecule has 2 rings (SSSR count). The number of allylic oxidation sites excluding steroid dienone is 1. The van der Waals surface area contributed by atoms with Gasteiger partial charge in [0.25, 0.3) is 0 Å². The van der Waals surface area contributed by atoms with Crippen molar-refractivity contribution in [2.24, 2.45) is 0 Å². The van der Waals surface area contributed by atoms with Crippen LogP contribution in [0.4, 0.5) is 0 Å². The minimum absolute atomic E-state index is 0.354. The van der Waals surface area contributed by atoms with Gasteiger partial charge in [-0.05, 0) is 54.1 Å². The molecule has 0 aliphatic rings. The number of nitro groups is 1. The average Bonchev–Trinajstić information content (AvgIpc) is 3.15. The van der Waals surface area contributed by atoms with E-state index in [0.29, 0.717) is 6.42 Å². The Kier molecular flexibility index (Phi) is 9.51. The van der Waals surface area contributed by atoms with Crippen LogP contribution in [0.25, 0.3) is 0 Å². The molecule has 6 nitrogen and oxygen atoms in total. The number of methoxy groups -OCH3 is 1. The number of aromatic nitrogens is 2. The van der Waals surface area contributed by atoms with Crippen LogP contribution in [-0.4, -0.2) is 32.9 Å². The summed E-state index contributed by atoms with van der Waals surface area (Å²) in [6.07, 6.45) is 4.34. The zero-order valence-electron chi connectivity index (χ0n) is 14.5. The van der Waals surface area contributed by atoms with Crippen molar-refractivity contribution in [3.05, 3.63) is 63.1 Å². The number of pyridine rings is 1. The second kappa shape index (κ2) is 11.9. The third-order valence-corrected chi connectivity index (χ3v) is 6.03. The van der Waals surface area contributed by atoms with Crippen molar-refractivity contribution in [2.45, 2.75) is 24.3 Å². The first-order chi connectivity index (χ1) is 12.7. The maximum absolute atomic E-state index is 10.8. The van der Waals surface area contributed by atoms with Crippen LogP contribution in [0.2, 0.25) is 0 Å². The van der Waals surface area contributed by atoms with Crippen molar-refractivity contribution in [2.75, 3.05) is 18.6 Å². The van der Waals surface area contributed by atoms with Crippen molar-refractivity contribution < 1.29 is 9.66 Å². The van der Waals surface area contributed by atoms with Crippen molar-refractivity contribution in [1.82, 2.24) is 9.36 Å². The number of hydrogen-bond acceptors (Lipinski definition) is 8. The molecule has 9 heteroatoms. The Morgan fingerprint density at radius 2 is 2.08 bits per heavy atom. The topological polar surface area (TPSA) is 78.2 Å². The summed E-state index contributed by atoms with van der Waals surface area (Å²) in [5, 5.41) is 12.8. The lowest BCUT2D eigenvalue weighted by atomic mass is 10.2. The molecule has 0 fully saturated rings. The fraction of sp³-hybridized carbons (Fsp3) is 0.412. The minimum Gasteiger partial charge on any atom is -0.495 e. The van der Waals surface area contributed by atoms with Crippen LogP contribution in [0.1, 0.15) is 24.2 Å². The monoisotopic (exact) mass is 411 g/mol. The van der Waals surface area contributed by atoms with Crippen molar-refractivity contribution in [3.8, 4) is 5.75 Å². The first-order valence-corrected chi connectivity index (χ1v) is 11.2. The van der Waals surface area contributed by atoms with Gasteiger partial charge in [-0.25, -0.2) is 0 Å². The molecule has 0 aliphatic heterocycles. The molecule has 26 heavy (non-hydrogen) atoms. The molecule has 0 unspecified atom stereocenters. The predicted octanol–water partition coefficient (Wildman–Crippen LogP) is 4.65. The molecule has 0 N–H and O–H groups in total. The predicted molar refractivity (Wildman–Crippen MR) is 110 cm³/mol. The summed E-state index contributed by atoms with van der Waals surface area (Å²) in [5.41, 5.74) is 2.85. The summed E-state index contributed by atoms with van der Waals surface area (Å²) >= 11 is 4.91. The van der Waals surface area contributed by atoms with Gasteiger partial charge in [-0.3, -0.25) is 15.1 Å². The standard InChI is InChI=1S/C17H21N3O3S3/c1-23-17-3-2-7-18-16(17)13-25-9-5-14(11-20(21)22)4-8-24-12-15-6-10-26-19-15/h2-3,6-7,10-11H,4-5,8-9,12-13H2,1H3. The number of nitrogens with zero attached hydrogens (tertiary/aromatic N) is 3. The lowest BCUT2D eigenvalue weighted by molar-refractivity contribution is -0.403. The second-order valence-corrected chi connectivity index (χ2v) is 8.20. The van der Waals surface area contributed by atoms with Gasteiger partial charge in [-0.2, -0.15) is 27.9 Å². The van der Waals surface area contributed by atoms with Gasteiger partial charge < -0.3 is 4.74 Å². The SMILES string of the molecule is COc1cccnc1CSCCC(=C[N+](=O)[O-])CCSCc1ccsn1. The van der Waals surface area contributed by atoms with Crippen LogP contribution >= 0.6 is 35.1 Å². The smallest absolute Gasteiger partial charge is 0.233 e. The van der Waals surface area contributed by atoms with Gasteiger partial charge in [-0.15, -0.1) is 0 Å². The Hall–Kier alpha value is -1.58. The number of thioether (sulfide) groups is 2. The molecule has 0 bridgehead atoms. The van der Waals surface area contributed by atoms with Crippen LogP contribution in [0.5, 0.6) is 5.75 Å². The first kappa shape index (κ1) is 20.7. The lowest BCUT2D eigenvalue weighted by Gasteiger charge is -2.07. The molecule has 0 radical (unpaired) electrons. The highest BCUT2D eigenvalue weighted by atomic mass is 32.2. The largest absolute Gasteiger partial charge is 0.495 e. The normalized spacial score (nSPS) is 11.5. The van der Waals surface area contributed by atoms with Gasteiger partial charge >= 0.3 is 0 Å². The average molecular weight is 412 g/mol. The molecule has 140 valence electrons. The van der Waals surface area contributed by atoms with E-state index in [4.69, 9.17) is 4.74 Å². The highest BCUT2D eigenvalue weighted by Crippen LogP contribution is 2.23. The van der Waals surface area contributed by atoms with Gasteiger partial charge in [0.15, 0.2) is 0 Å². The van der Waals surface area contributed by atoms with Crippen molar-refractivity contribution in [3.63, 3.8) is 0 Å². The molecular weight excluding hydrogens is 390 g/mol. The highest BCUT2D eigenvalue weighted by Gasteiger charge is 2.07. The highest BCUT2D eigenvalue weighted by molar-refractivity contribution is 7.98. The summed E-state index contributed by atoms with van der Waals surface area (Å²) in [5.74, 6) is 4.03. The van der Waals surface area contributed by atoms with E-state index in [1.807, 2.05) is 23.6 Å². The first-order valence-electron chi connectivity index (χ1n) is 8.04. The van der Waals surface area contributed by atoms with Gasteiger partial charge in [0.05, 0.1) is 23.4 Å². The summed E-state index contributed by atoms with van der Waals surface area (Å²) in [7, 11) is 1.63. The fourth-order valence-corrected chi connectivity index (χ4v) is 4.69. The number of rotatable bonds is 12. The van der Waals surface area contributed by atoms with Crippen LogP contribution in [0.3, 0.4) is 0 Å². The second-order valence-electron chi connectivity index (χ2n) is 5.32. The molecule has 0 atom stereocenters. The van der Waals surface area contributed by atoms with Gasteiger partial charge in [0.1, 0.15) is 5.75 Å². The molecular formula is C17H21N3O3S3.